The molecule has 0 aliphatic carbocycles. The molecule has 0 saturated heterocycles. The van der Waals surface area contributed by atoms with Crippen molar-refractivity contribution in [2.24, 2.45) is 0 Å². The molecule has 0 bridgehead atoms. The van der Waals surface area contributed by atoms with E-state index in [0.29, 0.717) is 16.3 Å². The highest BCUT2D eigenvalue weighted by Crippen LogP contribution is 2.29. The zero-order valence-electron chi connectivity index (χ0n) is 9.94. The predicted octanol–water partition coefficient (Wildman–Crippen LogP) is 3.41. The largest absolute Gasteiger partial charge is 0.437 e. The van der Waals surface area contributed by atoms with Crippen molar-refractivity contribution >= 4 is 11.6 Å². The molecular formula is C13H10ClN3O. The molecule has 1 aromatic carbocycles. The van der Waals surface area contributed by atoms with Gasteiger partial charge in [0.1, 0.15) is 17.4 Å². The first kappa shape index (κ1) is 12.3. The van der Waals surface area contributed by atoms with Gasteiger partial charge in [-0.3, -0.25) is 0 Å². The molecule has 0 atom stereocenters. The minimum atomic E-state index is 0.195. The Morgan fingerprint density at radius 3 is 2.56 bits per heavy atom. The van der Waals surface area contributed by atoms with Crippen molar-refractivity contribution in [3.8, 4) is 17.7 Å². The van der Waals surface area contributed by atoms with Crippen molar-refractivity contribution in [2.45, 2.75) is 13.8 Å². The maximum Gasteiger partial charge on any atom is 0.256 e. The van der Waals surface area contributed by atoms with E-state index in [0.717, 1.165) is 11.1 Å². The number of hydrogen-bond donors (Lipinski definition) is 0. The Morgan fingerprint density at radius 1 is 1.28 bits per heavy atom. The summed E-state index contributed by atoms with van der Waals surface area (Å²) in [7, 11) is 0. The minimum Gasteiger partial charge on any atom is -0.437 e. The number of benzene rings is 1. The average Bonchev–Trinajstić information content (AvgIpc) is 2.36. The van der Waals surface area contributed by atoms with Gasteiger partial charge in [0.2, 0.25) is 0 Å². The zero-order chi connectivity index (χ0) is 13.1. The normalized spacial score (nSPS) is 9.89. The summed E-state index contributed by atoms with van der Waals surface area (Å²) in [5.74, 6) is 0.785. The molecule has 0 amide bonds. The Labute approximate surface area is 110 Å². The number of ether oxygens (including phenoxy) is 1. The smallest absolute Gasteiger partial charge is 0.256 e. The quantitative estimate of drug-likeness (QED) is 0.829. The maximum absolute atomic E-state index is 8.93. The number of rotatable bonds is 2. The molecule has 4 nitrogen and oxygen atoms in total. The lowest BCUT2D eigenvalue weighted by Gasteiger charge is -2.09. The van der Waals surface area contributed by atoms with Gasteiger partial charge in [-0.1, -0.05) is 11.6 Å². The minimum absolute atomic E-state index is 0.195. The lowest BCUT2D eigenvalue weighted by atomic mass is 10.1. The van der Waals surface area contributed by atoms with Gasteiger partial charge in [-0.2, -0.15) is 10.4 Å². The summed E-state index contributed by atoms with van der Waals surface area (Å²) in [4.78, 5) is 0. The molecule has 18 heavy (non-hydrogen) atoms. The molecule has 0 N–H and O–H groups in total. The van der Waals surface area contributed by atoms with Crippen LogP contribution in [0.4, 0.5) is 0 Å². The van der Waals surface area contributed by atoms with Gasteiger partial charge in [0.05, 0.1) is 6.20 Å². The SMILES string of the molecule is Cc1cc(Oc2nnccc2C#N)cc(C)c1Cl. The molecule has 1 aromatic heterocycles. The van der Waals surface area contributed by atoms with Crippen LogP contribution >= 0.6 is 11.6 Å². The van der Waals surface area contributed by atoms with Crippen molar-refractivity contribution < 1.29 is 4.74 Å². The summed E-state index contributed by atoms with van der Waals surface area (Å²) in [6, 6.07) is 7.15. The second-order valence-corrected chi connectivity index (χ2v) is 4.21. The molecule has 0 radical (unpaired) electrons. The van der Waals surface area contributed by atoms with Crippen molar-refractivity contribution in [1.82, 2.24) is 10.2 Å². The predicted molar refractivity (Wildman–Crippen MR) is 67.7 cm³/mol. The highest BCUT2D eigenvalue weighted by molar-refractivity contribution is 6.32. The van der Waals surface area contributed by atoms with E-state index >= 15 is 0 Å². The number of hydrogen-bond acceptors (Lipinski definition) is 4. The highest BCUT2D eigenvalue weighted by atomic mass is 35.5. The van der Waals surface area contributed by atoms with Crippen LogP contribution in [0.5, 0.6) is 11.6 Å². The van der Waals surface area contributed by atoms with Crippen LogP contribution in [0.1, 0.15) is 16.7 Å². The Bertz CT molecular complexity index is 611. The lowest BCUT2D eigenvalue weighted by Crippen LogP contribution is -1.94. The molecule has 0 unspecified atom stereocenters. The fourth-order valence-electron chi connectivity index (χ4n) is 1.56. The van der Waals surface area contributed by atoms with Crippen LogP contribution in [-0.4, -0.2) is 10.2 Å². The maximum atomic E-state index is 8.93. The third kappa shape index (κ3) is 2.41. The van der Waals surface area contributed by atoms with E-state index in [1.54, 1.807) is 18.2 Å². The van der Waals surface area contributed by atoms with Gasteiger partial charge in [0, 0.05) is 5.02 Å². The molecule has 0 spiro atoms. The Balaban J connectivity index is 2.38. The third-order valence-electron chi connectivity index (χ3n) is 2.43. The lowest BCUT2D eigenvalue weighted by molar-refractivity contribution is 0.453. The van der Waals surface area contributed by atoms with Gasteiger partial charge in [-0.05, 0) is 43.2 Å². The van der Waals surface area contributed by atoms with Gasteiger partial charge < -0.3 is 4.74 Å². The van der Waals surface area contributed by atoms with Gasteiger partial charge in [0.25, 0.3) is 5.88 Å². The number of aryl methyl sites for hydroxylation is 2. The van der Waals surface area contributed by atoms with Crippen molar-refractivity contribution in [3.05, 3.63) is 46.1 Å². The summed E-state index contributed by atoms with van der Waals surface area (Å²) in [6.45, 7) is 3.79. The van der Waals surface area contributed by atoms with Gasteiger partial charge in [-0.15, -0.1) is 5.10 Å². The fraction of sp³-hybridized carbons (Fsp3) is 0.154. The number of halogens is 1. The monoisotopic (exact) mass is 259 g/mol. The fourth-order valence-corrected chi connectivity index (χ4v) is 1.67. The summed E-state index contributed by atoms with van der Waals surface area (Å²) >= 11 is 6.08. The van der Waals surface area contributed by atoms with E-state index < -0.39 is 0 Å². The van der Waals surface area contributed by atoms with E-state index in [9.17, 15) is 0 Å². The second-order valence-electron chi connectivity index (χ2n) is 3.83. The van der Waals surface area contributed by atoms with Crippen LogP contribution in [0.15, 0.2) is 24.4 Å². The van der Waals surface area contributed by atoms with Gasteiger partial charge in [0.15, 0.2) is 0 Å². The molecular weight excluding hydrogens is 250 g/mol. The van der Waals surface area contributed by atoms with E-state index in [4.69, 9.17) is 21.6 Å². The van der Waals surface area contributed by atoms with Crippen molar-refractivity contribution in [1.29, 1.82) is 5.26 Å². The topological polar surface area (TPSA) is 58.8 Å². The molecule has 5 heteroatoms. The van der Waals surface area contributed by atoms with Crippen LogP contribution in [0.25, 0.3) is 0 Å². The van der Waals surface area contributed by atoms with Gasteiger partial charge in [-0.25, -0.2) is 0 Å². The summed E-state index contributed by atoms with van der Waals surface area (Å²) in [5.41, 5.74) is 2.17. The standard InChI is InChI=1S/C13H10ClN3O/c1-8-5-11(6-9(2)12(8)14)18-13-10(7-15)3-4-16-17-13/h3-6H,1-2H3. The highest BCUT2D eigenvalue weighted by Gasteiger charge is 2.09. The number of aromatic nitrogens is 2. The van der Waals surface area contributed by atoms with Crippen LogP contribution in [0, 0.1) is 25.2 Å². The zero-order valence-corrected chi connectivity index (χ0v) is 10.7. The van der Waals surface area contributed by atoms with Crippen LogP contribution < -0.4 is 4.74 Å². The Kier molecular flexibility index (Phi) is 3.45. The molecule has 2 rings (SSSR count). The van der Waals surface area contributed by atoms with E-state index in [1.807, 2.05) is 19.9 Å². The van der Waals surface area contributed by atoms with Gasteiger partial charge >= 0.3 is 0 Å². The first-order valence-electron chi connectivity index (χ1n) is 5.28. The van der Waals surface area contributed by atoms with Crippen LogP contribution in [-0.2, 0) is 0 Å². The summed E-state index contributed by atoms with van der Waals surface area (Å²) in [6.07, 6.45) is 1.45. The first-order chi connectivity index (χ1) is 8.61. The molecule has 1 heterocycles. The second kappa shape index (κ2) is 5.03. The third-order valence-corrected chi connectivity index (χ3v) is 3.03. The molecule has 0 aliphatic rings. The molecule has 0 saturated carbocycles. The molecule has 0 aliphatic heterocycles. The summed E-state index contributed by atoms with van der Waals surface area (Å²) < 4.78 is 5.56. The summed E-state index contributed by atoms with van der Waals surface area (Å²) in [5, 5.41) is 17.1. The Hall–Kier alpha value is -2.12. The Morgan fingerprint density at radius 2 is 1.94 bits per heavy atom. The van der Waals surface area contributed by atoms with Crippen molar-refractivity contribution in [2.75, 3.05) is 0 Å². The van der Waals surface area contributed by atoms with E-state index in [2.05, 4.69) is 10.2 Å². The first-order valence-corrected chi connectivity index (χ1v) is 5.66. The number of nitriles is 1. The average molecular weight is 260 g/mol. The molecule has 0 fully saturated rings. The van der Waals surface area contributed by atoms with E-state index in [1.165, 1.54) is 6.20 Å². The molecule has 90 valence electrons. The van der Waals surface area contributed by atoms with E-state index in [-0.39, 0.29) is 5.88 Å². The van der Waals surface area contributed by atoms with Crippen LogP contribution in [0.3, 0.4) is 0 Å². The number of nitrogens with zero attached hydrogens (tertiary/aromatic N) is 3. The molecule has 2 aromatic rings. The van der Waals surface area contributed by atoms with Crippen molar-refractivity contribution in [3.63, 3.8) is 0 Å². The van der Waals surface area contributed by atoms with Crippen LogP contribution in [0.2, 0.25) is 5.02 Å².